The lowest BCUT2D eigenvalue weighted by atomic mass is 10.1. The second kappa shape index (κ2) is 8.75. The van der Waals surface area contributed by atoms with Crippen LogP contribution in [0.15, 0.2) is 73.1 Å². The molecule has 0 N–H and O–H groups in total. The van der Waals surface area contributed by atoms with Gasteiger partial charge in [-0.15, -0.1) is 0 Å². The van der Waals surface area contributed by atoms with Crippen molar-refractivity contribution in [3.05, 3.63) is 99.9 Å². The van der Waals surface area contributed by atoms with Crippen LogP contribution in [-0.4, -0.2) is 26.4 Å². The molecule has 6 heteroatoms. The molecule has 0 spiro atoms. The molecule has 0 saturated carbocycles. The van der Waals surface area contributed by atoms with Gasteiger partial charge in [-0.1, -0.05) is 71.7 Å². The van der Waals surface area contributed by atoms with Crippen LogP contribution in [0.2, 0.25) is 10.0 Å². The number of pyridine rings is 1. The maximum Gasteiger partial charge on any atom is 0.159 e. The van der Waals surface area contributed by atoms with Gasteiger partial charge in [0.05, 0.1) is 21.4 Å². The van der Waals surface area contributed by atoms with E-state index < -0.39 is 0 Å². The Bertz CT molecular complexity index is 1210. The van der Waals surface area contributed by atoms with Crippen LogP contribution in [0, 0.1) is 0 Å². The Labute approximate surface area is 191 Å². The van der Waals surface area contributed by atoms with Crippen molar-refractivity contribution < 1.29 is 0 Å². The Morgan fingerprint density at radius 3 is 2.55 bits per heavy atom. The van der Waals surface area contributed by atoms with Crippen LogP contribution < -0.4 is 0 Å². The largest absolute Gasteiger partial charge is 0.294 e. The summed E-state index contributed by atoms with van der Waals surface area (Å²) >= 11 is 12.5. The van der Waals surface area contributed by atoms with Gasteiger partial charge in [-0.05, 0) is 17.7 Å². The van der Waals surface area contributed by atoms with Gasteiger partial charge in [0.15, 0.2) is 5.82 Å². The zero-order valence-corrected chi connectivity index (χ0v) is 18.3. The summed E-state index contributed by atoms with van der Waals surface area (Å²) in [5.74, 6) is 0.798. The van der Waals surface area contributed by atoms with E-state index >= 15 is 0 Å². The van der Waals surface area contributed by atoms with Crippen LogP contribution in [0.1, 0.15) is 16.8 Å². The summed E-state index contributed by atoms with van der Waals surface area (Å²) < 4.78 is 0. The molecule has 0 aliphatic carbocycles. The van der Waals surface area contributed by atoms with E-state index in [1.165, 1.54) is 5.56 Å². The van der Waals surface area contributed by atoms with Crippen molar-refractivity contribution in [3.63, 3.8) is 0 Å². The molecular weight excluding hydrogens is 427 g/mol. The zero-order chi connectivity index (χ0) is 21.2. The van der Waals surface area contributed by atoms with Crippen LogP contribution in [0.3, 0.4) is 0 Å². The molecule has 154 valence electrons. The Morgan fingerprint density at radius 1 is 0.871 bits per heavy atom. The first-order valence-corrected chi connectivity index (χ1v) is 10.9. The van der Waals surface area contributed by atoms with Gasteiger partial charge < -0.3 is 0 Å². The lowest BCUT2D eigenvalue weighted by Gasteiger charge is -2.28. The van der Waals surface area contributed by atoms with Crippen molar-refractivity contribution in [2.75, 3.05) is 6.54 Å². The van der Waals surface area contributed by atoms with E-state index in [1.807, 2.05) is 60.9 Å². The summed E-state index contributed by atoms with van der Waals surface area (Å²) in [6.07, 6.45) is 4.80. The van der Waals surface area contributed by atoms with E-state index in [9.17, 15) is 0 Å². The highest BCUT2D eigenvalue weighted by Gasteiger charge is 2.19. The Morgan fingerprint density at radius 2 is 1.74 bits per heavy atom. The molecule has 0 atom stereocenters. The fourth-order valence-electron chi connectivity index (χ4n) is 3.87. The standard InChI is InChI=1S/C25H20Cl2N4/c26-21-8-4-7-20(24(21)27)23-10-9-17(13-28-23)15-31-12-11-22-19(16-31)14-29-25(30-22)18-5-2-1-3-6-18/h1-10,13-14H,11-12,15-16H2. The summed E-state index contributed by atoms with van der Waals surface area (Å²) in [5, 5.41) is 1.07. The van der Waals surface area contributed by atoms with Gasteiger partial charge in [0.1, 0.15) is 0 Å². The second-order valence-electron chi connectivity index (χ2n) is 7.65. The van der Waals surface area contributed by atoms with E-state index in [-0.39, 0.29) is 0 Å². The highest BCUT2D eigenvalue weighted by Crippen LogP contribution is 2.32. The summed E-state index contributed by atoms with van der Waals surface area (Å²) in [6, 6.07) is 19.8. The van der Waals surface area contributed by atoms with Crippen LogP contribution in [0.25, 0.3) is 22.6 Å². The van der Waals surface area contributed by atoms with E-state index in [0.717, 1.165) is 60.0 Å². The molecule has 0 fully saturated rings. The molecule has 0 amide bonds. The van der Waals surface area contributed by atoms with Crippen molar-refractivity contribution in [1.82, 2.24) is 19.9 Å². The highest BCUT2D eigenvalue weighted by atomic mass is 35.5. The van der Waals surface area contributed by atoms with Crippen molar-refractivity contribution in [2.24, 2.45) is 0 Å². The summed E-state index contributed by atoms with van der Waals surface area (Å²) in [5.41, 5.74) is 6.22. The smallest absolute Gasteiger partial charge is 0.159 e. The number of benzene rings is 2. The molecule has 0 unspecified atom stereocenters. The SMILES string of the molecule is Clc1cccc(-c2ccc(CN3CCc4nc(-c5ccccc5)ncc4C3)cn2)c1Cl. The normalized spacial score (nSPS) is 13.7. The third kappa shape index (κ3) is 4.33. The van der Waals surface area contributed by atoms with E-state index in [0.29, 0.717) is 10.0 Å². The van der Waals surface area contributed by atoms with Gasteiger partial charge in [0, 0.05) is 55.1 Å². The summed E-state index contributed by atoms with van der Waals surface area (Å²) in [4.78, 5) is 16.4. The fraction of sp³-hybridized carbons (Fsp3) is 0.160. The number of nitrogens with zero attached hydrogens (tertiary/aromatic N) is 4. The predicted octanol–water partition coefficient (Wildman–Crippen LogP) is 6.07. The molecule has 5 rings (SSSR count). The minimum absolute atomic E-state index is 0.534. The minimum Gasteiger partial charge on any atom is -0.294 e. The van der Waals surface area contributed by atoms with Crippen LogP contribution in [0.5, 0.6) is 0 Å². The first-order valence-electron chi connectivity index (χ1n) is 10.2. The Kier molecular flexibility index (Phi) is 5.68. The average molecular weight is 447 g/mol. The van der Waals surface area contributed by atoms with Crippen molar-refractivity contribution >= 4 is 23.2 Å². The fourth-order valence-corrected chi connectivity index (χ4v) is 4.27. The van der Waals surface area contributed by atoms with E-state index in [1.54, 1.807) is 6.07 Å². The molecule has 0 radical (unpaired) electrons. The zero-order valence-electron chi connectivity index (χ0n) is 16.8. The predicted molar refractivity (Wildman–Crippen MR) is 125 cm³/mol. The quantitative estimate of drug-likeness (QED) is 0.381. The monoisotopic (exact) mass is 446 g/mol. The molecule has 4 aromatic rings. The molecule has 3 heterocycles. The van der Waals surface area contributed by atoms with Gasteiger partial charge in [0.25, 0.3) is 0 Å². The van der Waals surface area contributed by atoms with Crippen molar-refractivity contribution in [1.29, 1.82) is 0 Å². The number of hydrogen-bond donors (Lipinski definition) is 0. The molecule has 2 aromatic carbocycles. The highest BCUT2D eigenvalue weighted by molar-refractivity contribution is 6.43. The van der Waals surface area contributed by atoms with Gasteiger partial charge in [-0.3, -0.25) is 9.88 Å². The molecule has 31 heavy (non-hydrogen) atoms. The molecular formula is C25H20Cl2N4. The first-order chi connectivity index (χ1) is 15.2. The number of hydrogen-bond acceptors (Lipinski definition) is 4. The Hall–Kier alpha value is -2.79. The molecule has 1 aliphatic rings. The maximum absolute atomic E-state index is 6.33. The van der Waals surface area contributed by atoms with Gasteiger partial charge >= 0.3 is 0 Å². The molecule has 1 aliphatic heterocycles. The van der Waals surface area contributed by atoms with Gasteiger partial charge in [-0.2, -0.15) is 0 Å². The lowest BCUT2D eigenvalue weighted by molar-refractivity contribution is 0.242. The van der Waals surface area contributed by atoms with Crippen LogP contribution in [0.4, 0.5) is 0 Å². The number of aromatic nitrogens is 3. The topological polar surface area (TPSA) is 41.9 Å². The lowest BCUT2D eigenvalue weighted by Crippen LogP contribution is -2.31. The molecule has 0 saturated heterocycles. The third-order valence-corrected chi connectivity index (χ3v) is 6.32. The van der Waals surface area contributed by atoms with Crippen molar-refractivity contribution in [2.45, 2.75) is 19.5 Å². The number of fused-ring (bicyclic) bond motifs is 1. The molecule has 2 aromatic heterocycles. The average Bonchev–Trinajstić information content (AvgIpc) is 2.82. The Balaban J connectivity index is 1.28. The third-order valence-electron chi connectivity index (χ3n) is 5.50. The van der Waals surface area contributed by atoms with Crippen LogP contribution in [-0.2, 0) is 19.5 Å². The van der Waals surface area contributed by atoms with Crippen LogP contribution >= 0.6 is 23.2 Å². The molecule has 0 bridgehead atoms. The number of rotatable bonds is 4. The van der Waals surface area contributed by atoms with Gasteiger partial charge in [-0.25, -0.2) is 9.97 Å². The van der Waals surface area contributed by atoms with E-state index in [4.69, 9.17) is 28.2 Å². The van der Waals surface area contributed by atoms with Gasteiger partial charge in [0.2, 0.25) is 0 Å². The summed E-state index contributed by atoms with van der Waals surface area (Å²) in [7, 11) is 0. The number of halogens is 2. The minimum atomic E-state index is 0.534. The second-order valence-corrected chi connectivity index (χ2v) is 8.43. The van der Waals surface area contributed by atoms with Crippen molar-refractivity contribution in [3.8, 4) is 22.6 Å². The summed E-state index contributed by atoms with van der Waals surface area (Å²) in [6.45, 7) is 2.63. The first kappa shape index (κ1) is 20.1. The molecule has 4 nitrogen and oxygen atoms in total. The van der Waals surface area contributed by atoms with E-state index in [2.05, 4.69) is 20.9 Å². The maximum atomic E-state index is 6.33.